The molecule has 28 heavy (non-hydrogen) atoms. The molecule has 5 nitrogen and oxygen atoms in total. The number of hydrogen-bond donors (Lipinski definition) is 2. The number of thiazole rings is 1. The third kappa shape index (κ3) is 4.20. The van der Waals surface area contributed by atoms with Crippen LogP contribution in [0.2, 0.25) is 0 Å². The van der Waals surface area contributed by atoms with Crippen LogP contribution >= 0.6 is 23.1 Å². The summed E-state index contributed by atoms with van der Waals surface area (Å²) in [5.41, 5.74) is 5.33. The fraction of sp³-hybridized carbons (Fsp3) is 0.286. The summed E-state index contributed by atoms with van der Waals surface area (Å²) in [6.07, 6.45) is 0.615. The van der Waals surface area contributed by atoms with Gasteiger partial charge >= 0.3 is 0 Å². The Balaban J connectivity index is 1.81. The third-order valence-electron chi connectivity index (χ3n) is 4.47. The first-order valence-electron chi connectivity index (χ1n) is 9.04. The van der Waals surface area contributed by atoms with E-state index < -0.39 is 0 Å². The summed E-state index contributed by atoms with van der Waals surface area (Å²) in [5, 5.41) is 5.00. The molecule has 0 radical (unpaired) electrons. The second kappa shape index (κ2) is 8.32. The van der Waals surface area contributed by atoms with Crippen LogP contribution in [0.4, 0.5) is 5.69 Å². The molecule has 0 saturated heterocycles. The zero-order valence-corrected chi connectivity index (χ0v) is 18.2. The van der Waals surface area contributed by atoms with Crippen LogP contribution in [0.15, 0.2) is 32.8 Å². The molecule has 3 rings (SSSR count). The number of carbonyl (C=O) groups is 2. The SMILES string of the molecule is CCc1c(C(=O)Nc2ccc(Sc3nc(C)cs3)cc2C)[nH]c(C)c1C(C)=O. The van der Waals surface area contributed by atoms with Crippen molar-refractivity contribution >= 4 is 40.5 Å². The Morgan fingerprint density at radius 2 is 2.00 bits per heavy atom. The Morgan fingerprint density at radius 1 is 1.25 bits per heavy atom. The first kappa shape index (κ1) is 20.4. The van der Waals surface area contributed by atoms with Crippen molar-refractivity contribution in [2.75, 3.05) is 5.32 Å². The number of carbonyl (C=O) groups excluding carboxylic acids is 2. The van der Waals surface area contributed by atoms with E-state index in [0.29, 0.717) is 17.7 Å². The van der Waals surface area contributed by atoms with Gasteiger partial charge in [-0.3, -0.25) is 9.59 Å². The molecule has 3 aromatic rings. The quantitative estimate of drug-likeness (QED) is 0.518. The van der Waals surface area contributed by atoms with E-state index in [1.807, 2.05) is 51.3 Å². The summed E-state index contributed by atoms with van der Waals surface area (Å²) in [6, 6.07) is 5.92. The van der Waals surface area contributed by atoms with E-state index in [9.17, 15) is 9.59 Å². The molecule has 0 aliphatic heterocycles. The Labute approximate surface area is 173 Å². The number of Topliss-reactive ketones (excluding diaryl/α,β-unsaturated/α-hetero) is 1. The Morgan fingerprint density at radius 3 is 2.57 bits per heavy atom. The molecule has 1 aromatic carbocycles. The smallest absolute Gasteiger partial charge is 0.272 e. The molecule has 1 amide bonds. The van der Waals surface area contributed by atoms with Gasteiger partial charge in [-0.05, 0) is 63.4 Å². The summed E-state index contributed by atoms with van der Waals surface area (Å²) in [6.45, 7) is 9.25. The van der Waals surface area contributed by atoms with Crippen LogP contribution in [0.1, 0.15) is 57.2 Å². The molecule has 146 valence electrons. The van der Waals surface area contributed by atoms with Crippen molar-refractivity contribution in [3.05, 3.63) is 57.4 Å². The van der Waals surface area contributed by atoms with Crippen molar-refractivity contribution in [1.29, 1.82) is 0 Å². The van der Waals surface area contributed by atoms with Crippen LogP contribution in [0.3, 0.4) is 0 Å². The van der Waals surface area contributed by atoms with Crippen molar-refractivity contribution in [3.8, 4) is 0 Å². The van der Waals surface area contributed by atoms with Gasteiger partial charge in [0, 0.05) is 32.9 Å². The van der Waals surface area contributed by atoms with Gasteiger partial charge in [-0.15, -0.1) is 11.3 Å². The van der Waals surface area contributed by atoms with Crippen LogP contribution in [0.5, 0.6) is 0 Å². The minimum absolute atomic E-state index is 0.0281. The molecule has 0 unspecified atom stereocenters. The number of amides is 1. The van der Waals surface area contributed by atoms with E-state index in [1.165, 1.54) is 6.92 Å². The van der Waals surface area contributed by atoms with E-state index in [1.54, 1.807) is 23.1 Å². The highest BCUT2D eigenvalue weighted by atomic mass is 32.2. The second-order valence-corrected chi connectivity index (χ2v) is 8.85. The number of benzene rings is 1. The van der Waals surface area contributed by atoms with Crippen LogP contribution < -0.4 is 5.32 Å². The number of anilines is 1. The highest BCUT2D eigenvalue weighted by molar-refractivity contribution is 8.01. The van der Waals surface area contributed by atoms with Gasteiger partial charge in [0.05, 0.1) is 0 Å². The van der Waals surface area contributed by atoms with E-state index in [0.717, 1.165) is 37.4 Å². The zero-order valence-electron chi connectivity index (χ0n) is 16.6. The largest absolute Gasteiger partial charge is 0.354 e. The lowest BCUT2D eigenvalue weighted by Gasteiger charge is -2.10. The lowest BCUT2D eigenvalue weighted by atomic mass is 10.0. The Kier molecular flexibility index (Phi) is 6.05. The average molecular weight is 414 g/mol. The number of rotatable bonds is 6. The fourth-order valence-corrected chi connectivity index (χ4v) is 5.11. The van der Waals surface area contributed by atoms with Gasteiger partial charge in [0.25, 0.3) is 5.91 Å². The number of hydrogen-bond acceptors (Lipinski definition) is 5. The predicted octanol–water partition coefficient (Wildman–Crippen LogP) is 5.56. The van der Waals surface area contributed by atoms with E-state index in [2.05, 4.69) is 15.3 Å². The molecule has 0 atom stereocenters. The van der Waals surface area contributed by atoms with Crippen molar-refractivity contribution < 1.29 is 9.59 Å². The summed E-state index contributed by atoms with van der Waals surface area (Å²) in [7, 11) is 0. The highest BCUT2D eigenvalue weighted by Crippen LogP contribution is 2.32. The molecule has 0 fully saturated rings. The summed E-state index contributed by atoms with van der Waals surface area (Å²) in [5.74, 6) is -0.258. The molecule has 0 spiro atoms. The number of nitrogens with one attached hydrogen (secondary N) is 2. The normalized spacial score (nSPS) is 10.9. The maximum Gasteiger partial charge on any atom is 0.272 e. The first-order valence-corrected chi connectivity index (χ1v) is 10.7. The van der Waals surface area contributed by atoms with Gasteiger partial charge in [-0.2, -0.15) is 0 Å². The third-order valence-corrected chi connectivity index (χ3v) is 6.52. The topological polar surface area (TPSA) is 74.8 Å². The lowest BCUT2D eigenvalue weighted by molar-refractivity contribution is 0.101. The van der Waals surface area contributed by atoms with Gasteiger partial charge in [0.2, 0.25) is 0 Å². The molecular weight excluding hydrogens is 390 g/mol. The summed E-state index contributed by atoms with van der Waals surface area (Å²) >= 11 is 3.24. The molecule has 2 aromatic heterocycles. The van der Waals surface area contributed by atoms with Gasteiger partial charge in [0.1, 0.15) is 5.69 Å². The minimum atomic E-state index is -0.230. The molecule has 2 N–H and O–H groups in total. The molecular formula is C21H23N3O2S2. The first-order chi connectivity index (χ1) is 13.3. The van der Waals surface area contributed by atoms with Crippen LogP contribution in [0, 0.1) is 20.8 Å². The Bertz CT molecular complexity index is 1050. The average Bonchev–Trinajstić information content (AvgIpc) is 3.19. The lowest BCUT2D eigenvalue weighted by Crippen LogP contribution is -2.15. The molecule has 2 heterocycles. The van der Waals surface area contributed by atoms with Crippen molar-refractivity contribution in [3.63, 3.8) is 0 Å². The summed E-state index contributed by atoms with van der Waals surface area (Å²) < 4.78 is 1.000. The number of aromatic amines is 1. The molecule has 7 heteroatoms. The van der Waals surface area contributed by atoms with Crippen molar-refractivity contribution in [2.45, 2.75) is 50.3 Å². The number of aryl methyl sites for hydroxylation is 3. The van der Waals surface area contributed by atoms with E-state index in [-0.39, 0.29) is 11.7 Å². The number of H-pyrrole nitrogens is 1. The molecule has 0 saturated carbocycles. The van der Waals surface area contributed by atoms with Crippen LogP contribution in [0.25, 0.3) is 0 Å². The van der Waals surface area contributed by atoms with Gasteiger partial charge < -0.3 is 10.3 Å². The standard InChI is InChI=1S/C21H23N3O2S2/c1-6-16-18(14(5)25)13(4)23-19(16)20(26)24-17-8-7-15(9-11(17)2)28-21-22-12(3)10-27-21/h7-10,23H,6H2,1-5H3,(H,24,26). The van der Waals surface area contributed by atoms with E-state index >= 15 is 0 Å². The second-order valence-electron chi connectivity index (χ2n) is 6.68. The summed E-state index contributed by atoms with van der Waals surface area (Å²) in [4.78, 5) is 33.4. The maximum absolute atomic E-state index is 12.8. The van der Waals surface area contributed by atoms with Gasteiger partial charge in [-0.25, -0.2) is 4.98 Å². The highest BCUT2D eigenvalue weighted by Gasteiger charge is 2.22. The molecule has 0 aliphatic carbocycles. The predicted molar refractivity (Wildman–Crippen MR) is 115 cm³/mol. The van der Waals surface area contributed by atoms with E-state index in [4.69, 9.17) is 0 Å². The molecule has 0 aliphatic rings. The molecule has 0 bridgehead atoms. The van der Waals surface area contributed by atoms with Gasteiger partial charge in [-0.1, -0.05) is 18.7 Å². The van der Waals surface area contributed by atoms with Gasteiger partial charge in [0.15, 0.2) is 10.1 Å². The monoisotopic (exact) mass is 413 g/mol. The fourth-order valence-electron chi connectivity index (χ4n) is 3.21. The maximum atomic E-state index is 12.8. The van der Waals surface area contributed by atoms with Crippen LogP contribution in [-0.2, 0) is 6.42 Å². The Hall–Kier alpha value is -2.38. The minimum Gasteiger partial charge on any atom is -0.354 e. The number of aromatic nitrogens is 2. The van der Waals surface area contributed by atoms with Crippen LogP contribution in [-0.4, -0.2) is 21.7 Å². The number of nitrogens with zero attached hydrogens (tertiary/aromatic N) is 1. The number of ketones is 1. The van der Waals surface area contributed by atoms with Crippen molar-refractivity contribution in [2.24, 2.45) is 0 Å². The van der Waals surface area contributed by atoms with Crippen molar-refractivity contribution in [1.82, 2.24) is 9.97 Å². The zero-order chi connectivity index (χ0) is 20.4.